The number of sulfone groups is 1. The zero-order valence-electron chi connectivity index (χ0n) is 19.7. The fraction of sp³-hybridized carbons (Fsp3) is 0.417. The van der Waals surface area contributed by atoms with E-state index in [1.54, 1.807) is 34.9 Å². The zero-order chi connectivity index (χ0) is 24.7. The molecule has 2 aromatic carbocycles. The number of halogens is 1. The molecule has 0 aliphatic heterocycles. The Balaban J connectivity index is 1.73. The molecule has 0 saturated carbocycles. The standard InChI is InChI=1S/C24H30ClN3O3S3/c1-4-27(5-2)14-15-28(23(29)7-6-16-32-19-10-8-18(25)9-11-19)24-26-21-13-12-20(34(3,30)31)17-22(21)33-24/h8-13,17H,4-7,14-16H2,1-3H3. The van der Waals surface area contributed by atoms with Crippen LogP contribution in [0.5, 0.6) is 0 Å². The average Bonchev–Trinajstić information content (AvgIpc) is 3.23. The molecule has 1 amide bonds. The second-order valence-corrected chi connectivity index (χ2v) is 12.5. The van der Waals surface area contributed by atoms with Crippen molar-refractivity contribution in [2.24, 2.45) is 0 Å². The van der Waals surface area contributed by atoms with Gasteiger partial charge in [0, 0.05) is 35.7 Å². The average molecular weight is 540 g/mol. The summed E-state index contributed by atoms with van der Waals surface area (Å²) in [5.74, 6) is 0.862. The number of fused-ring (bicyclic) bond motifs is 1. The monoisotopic (exact) mass is 539 g/mol. The van der Waals surface area contributed by atoms with Crippen LogP contribution in [0.4, 0.5) is 5.13 Å². The fourth-order valence-electron chi connectivity index (χ4n) is 3.43. The second kappa shape index (κ2) is 12.4. The molecule has 1 aromatic heterocycles. The molecular formula is C24H30ClN3O3S3. The Hall–Kier alpha value is -1.65. The summed E-state index contributed by atoms with van der Waals surface area (Å²) < 4.78 is 24.6. The SMILES string of the molecule is CCN(CC)CCN(C(=O)CCCSc1ccc(Cl)cc1)c1nc2ccc(S(C)(=O)=O)cc2s1. The lowest BCUT2D eigenvalue weighted by molar-refractivity contribution is -0.118. The van der Waals surface area contributed by atoms with Gasteiger partial charge in [-0.05, 0) is 67.7 Å². The summed E-state index contributed by atoms with van der Waals surface area (Å²) in [7, 11) is -3.31. The Morgan fingerprint density at radius 3 is 2.44 bits per heavy atom. The number of carbonyl (C=O) groups excluding carboxylic acids is 1. The van der Waals surface area contributed by atoms with E-state index in [0.717, 1.165) is 41.4 Å². The molecule has 0 atom stereocenters. The molecule has 0 aliphatic rings. The predicted octanol–water partition coefficient (Wildman–Crippen LogP) is 5.60. The van der Waals surface area contributed by atoms with Crippen molar-refractivity contribution in [2.45, 2.75) is 36.5 Å². The third kappa shape index (κ3) is 7.42. The summed E-state index contributed by atoms with van der Waals surface area (Å²) in [6.07, 6.45) is 2.36. The van der Waals surface area contributed by atoms with Crippen LogP contribution < -0.4 is 4.90 Å². The molecular weight excluding hydrogens is 510 g/mol. The number of thiazole rings is 1. The summed E-state index contributed by atoms with van der Waals surface area (Å²) in [4.78, 5) is 23.3. The van der Waals surface area contributed by atoms with Gasteiger partial charge in [0.15, 0.2) is 15.0 Å². The van der Waals surface area contributed by atoms with Crippen LogP contribution in [0.15, 0.2) is 52.3 Å². The van der Waals surface area contributed by atoms with Gasteiger partial charge in [0.25, 0.3) is 0 Å². The summed E-state index contributed by atoms with van der Waals surface area (Å²) in [6.45, 7) is 7.33. The topological polar surface area (TPSA) is 70.6 Å². The van der Waals surface area contributed by atoms with Gasteiger partial charge in [0.1, 0.15) is 0 Å². The predicted molar refractivity (Wildman–Crippen MR) is 144 cm³/mol. The van der Waals surface area contributed by atoms with E-state index in [1.807, 2.05) is 24.3 Å². The summed E-state index contributed by atoms with van der Waals surface area (Å²) in [5.41, 5.74) is 0.700. The van der Waals surface area contributed by atoms with Crippen molar-refractivity contribution in [2.75, 3.05) is 43.1 Å². The molecule has 184 valence electrons. The number of aromatic nitrogens is 1. The molecule has 0 spiro atoms. The maximum atomic E-state index is 13.2. The number of amides is 1. The number of benzene rings is 2. The lowest BCUT2D eigenvalue weighted by Crippen LogP contribution is -2.38. The van der Waals surface area contributed by atoms with Gasteiger partial charge in [0.05, 0.1) is 15.1 Å². The van der Waals surface area contributed by atoms with Gasteiger partial charge in [-0.15, -0.1) is 11.8 Å². The van der Waals surface area contributed by atoms with E-state index in [4.69, 9.17) is 11.6 Å². The fourth-order valence-corrected chi connectivity index (χ4v) is 6.18. The van der Waals surface area contributed by atoms with Gasteiger partial charge in [-0.3, -0.25) is 9.69 Å². The first-order valence-corrected chi connectivity index (χ1v) is 15.3. The van der Waals surface area contributed by atoms with Crippen LogP contribution in [-0.2, 0) is 14.6 Å². The van der Waals surface area contributed by atoms with Crippen LogP contribution in [-0.4, -0.2) is 62.4 Å². The van der Waals surface area contributed by atoms with Gasteiger partial charge < -0.3 is 4.90 Å². The molecule has 1 heterocycles. The Morgan fingerprint density at radius 2 is 1.79 bits per heavy atom. The van der Waals surface area contributed by atoms with Crippen LogP contribution in [0.25, 0.3) is 10.2 Å². The van der Waals surface area contributed by atoms with E-state index in [0.29, 0.717) is 28.6 Å². The number of thioether (sulfide) groups is 1. The highest BCUT2D eigenvalue weighted by molar-refractivity contribution is 7.99. The van der Waals surface area contributed by atoms with Crippen molar-refractivity contribution < 1.29 is 13.2 Å². The van der Waals surface area contributed by atoms with Gasteiger partial charge in [0.2, 0.25) is 5.91 Å². The molecule has 0 radical (unpaired) electrons. The lowest BCUT2D eigenvalue weighted by atomic mass is 10.3. The summed E-state index contributed by atoms with van der Waals surface area (Å²) >= 11 is 9.01. The number of hydrogen-bond donors (Lipinski definition) is 0. The molecule has 0 unspecified atom stereocenters. The second-order valence-electron chi connectivity index (χ2n) is 7.88. The largest absolute Gasteiger partial charge is 0.302 e. The van der Waals surface area contributed by atoms with Gasteiger partial charge >= 0.3 is 0 Å². The molecule has 0 fully saturated rings. The van der Waals surface area contributed by atoms with Gasteiger partial charge in [-0.1, -0.05) is 36.8 Å². The molecule has 3 aromatic rings. The summed E-state index contributed by atoms with van der Waals surface area (Å²) in [6, 6.07) is 12.6. The van der Waals surface area contributed by atoms with Gasteiger partial charge in [-0.2, -0.15) is 0 Å². The minimum atomic E-state index is -3.31. The van der Waals surface area contributed by atoms with Crippen molar-refractivity contribution in [1.82, 2.24) is 9.88 Å². The van der Waals surface area contributed by atoms with E-state index >= 15 is 0 Å². The Bertz CT molecular complexity index is 1210. The van der Waals surface area contributed by atoms with Crippen molar-refractivity contribution in [3.8, 4) is 0 Å². The molecule has 34 heavy (non-hydrogen) atoms. The van der Waals surface area contributed by atoms with Crippen molar-refractivity contribution >= 4 is 65.8 Å². The minimum absolute atomic E-state index is 0.0336. The maximum Gasteiger partial charge on any atom is 0.228 e. The normalized spacial score (nSPS) is 11.9. The molecule has 0 saturated heterocycles. The van der Waals surface area contributed by atoms with Crippen LogP contribution in [0.2, 0.25) is 5.02 Å². The Morgan fingerprint density at radius 1 is 1.09 bits per heavy atom. The highest BCUT2D eigenvalue weighted by Gasteiger charge is 2.21. The third-order valence-corrected chi connectivity index (χ3v) is 8.96. The van der Waals surface area contributed by atoms with E-state index in [9.17, 15) is 13.2 Å². The third-order valence-electron chi connectivity index (χ3n) is 5.46. The molecule has 0 aliphatic carbocycles. The molecule has 0 bridgehead atoms. The summed E-state index contributed by atoms with van der Waals surface area (Å²) in [5, 5.41) is 1.33. The van der Waals surface area contributed by atoms with E-state index in [2.05, 4.69) is 23.7 Å². The smallest absolute Gasteiger partial charge is 0.228 e. The molecule has 10 heteroatoms. The number of hydrogen-bond acceptors (Lipinski definition) is 7. The first-order chi connectivity index (χ1) is 16.2. The van der Waals surface area contributed by atoms with Crippen molar-refractivity contribution in [3.05, 3.63) is 47.5 Å². The van der Waals surface area contributed by atoms with Crippen LogP contribution in [0.1, 0.15) is 26.7 Å². The number of rotatable bonds is 12. The highest BCUT2D eigenvalue weighted by Crippen LogP contribution is 2.31. The van der Waals surface area contributed by atoms with Crippen LogP contribution in [0, 0.1) is 0 Å². The van der Waals surface area contributed by atoms with E-state index < -0.39 is 9.84 Å². The Labute approximate surface area is 215 Å². The number of anilines is 1. The number of likely N-dealkylation sites (N-methyl/N-ethyl adjacent to an activating group) is 1. The first-order valence-electron chi connectivity index (χ1n) is 11.2. The van der Waals surface area contributed by atoms with Crippen molar-refractivity contribution in [3.63, 3.8) is 0 Å². The first kappa shape index (κ1) is 26.9. The molecule has 0 N–H and O–H groups in total. The van der Waals surface area contributed by atoms with Crippen molar-refractivity contribution in [1.29, 1.82) is 0 Å². The zero-order valence-corrected chi connectivity index (χ0v) is 22.9. The maximum absolute atomic E-state index is 13.2. The van der Waals surface area contributed by atoms with Crippen LogP contribution in [0.3, 0.4) is 0 Å². The molecule has 3 rings (SSSR count). The number of carbonyl (C=O) groups is 1. The Kier molecular flexibility index (Phi) is 9.79. The van der Waals surface area contributed by atoms with E-state index in [1.165, 1.54) is 17.6 Å². The molecule has 6 nitrogen and oxygen atoms in total. The number of nitrogens with zero attached hydrogens (tertiary/aromatic N) is 3. The quantitative estimate of drug-likeness (QED) is 0.220. The highest BCUT2D eigenvalue weighted by atomic mass is 35.5. The lowest BCUT2D eigenvalue weighted by Gasteiger charge is -2.24. The van der Waals surface area contributed by atoms with E-state index in [-0.39, 0.29) is 10.8 Å². The minimum Gasteiger partial charge on any atom is -0.302 e. The van der Waals surface area contributed by atoms with Gasteiger partial charge in [-0.25, -0.2) is 13.4 Å². The van der Waals surface area contributed by atoms with Crippen LogP contribution >= 0.6 is 34.7 Å².